The van der Waals surface area contributed by atoms with Gasteiger partial charge in [-0.2, -0.15) is 0 Å². The molecule has 1 amide bonds. The molecule has 1 N–H and O–H groups in total. The molecule has 0 atom stereocenters. The molecule has 3 aromatic rings. The molecule has 0 aliphatic carbocycles. The van der Waals surface area contributed by atoms with Gasteiger partial charge in [0.1, 0.15) is 0 Å². The van der Waals surface area contributed by atoms with Crippen LogP contribution in [0.2, 0.25) is 0 Å². The number of benzene rings is 2. The van der Waals surface area contributed by atoms with E-state index in [2.05, 4.69) is 43.8 Å². The lowest BCUT2D eigenvalue weighted by atomic mass is 10.3. The van der Waals surface area contributed by atoms with Crippen molar-refractivity contribution in [3.8, 4) is 0 Å². The fourth-order valence-corrected chi connectivity index (χ4v) is 3.84. The third-order valence-electron chi connectivity index (χ3n) is 3.30. The van der Waals surface area contributed by atoms with Gasteiger partial charge in [-0.3, -0.25) is 4.79 Å². The fraction of sp³-hybridized carbons (Fsp3) is 0. The summed E-state index contributed by atoms with van der Waals surface area (Å²) in [6, 6.07) is 16.0. The number of hydrogen-bond acceptors (Lipinski definition) is 4. The highest BCUT2D eigenvalue weighted by atomic mass is 127. The number of anilines is 1. The summed E-state index contributed by atoms with van der Waals surface area (Å²) in [5.41, 5.74) is 0.596. The normalized spacial score (nSPS) is 11.3. The van der Waals surface area contributed by atoms with E-state index in [4.69, 9.17) is 4.42 Å². The van der Waals surface area contributed by atoms with Crippen LogP contribution in [0, 0.1) is 3.57 Å². The summed E-state index contributed by atoms with van der Waals surface area (Å²) in [5.74, 6) is -0.590. The smallest absolute Gasteiger partial charge is 0.291 e. The zero-order valence-corrected chi connectivity index (χ0v) is 17.1. The van der Waals surface area contributed by atoms with Crippen molar-refractivity contribution >= 4 is 60.0 Å². The van der Waals surface area contributed by atoms with Crippen molar-refractivity contribution in [2.75, 3.05) is 5.32 Å². The molecule has 0 unspecified atom stereocenters. The van der Waals surface area contributed by atoms with E-state index in [0.29, 0.717) is 5.69 Å². The lowest BCUT2D eigenvalue weighted by Gasteiger charge is -2.03. The first kappa shape index (κ1) is 18.2. The second kappa shape index (κ2) is 7.30. The predicted molar refractivity (Wildman–Crippen MR) is 105 cm³/mol. The Morgan fingerprint density at radius 3 is 2.24 bits per heavy atom. The number of hydrogen-bond donors (Lipinski definition) is 1. The van der Waals surface area contributed by atoms with E-state index in [1.165, 1.54) is 24.3 Å². The molecule has 3 rings (SSSR count). The Balaban J connectivity index is 1.82. The number of carbonyl (C=O) groups is 1. The van der Waals surface area contributed by atoms with Crippen LogP contribution in [0.5, 0.6) is 0 Å². The van der Waals surface area contributed by atoms with Gasteiger partial charge in [0.05, 0.1) is 4.90 Å². The van der Waals surface area contributed by atoms with E-state index in [1.807, 2.05) is 12.1 Å². The largest absolute Gasteiger partial charge is 0.439 e. The molecule has 2 aromatic carbocycles. The Hall–Kier alpha value is -1.65. The van der Waals surface area contributed by atoms with Gasteiger partial charge >= 0.3 is 0 Å². The summed E-state index contributed by atoms with van der Waals surface area (Å²) in [5, 5.41) is 2.39. The van der Waals surface area contributed by atoms with Crippen LogP contribution in [0.15, 0.2) is 79.5 Å². The first-order valence-corrected chi connectivity index (χ1v) is 10.4. The molecule has 8 heteroatoms. The lowest BCUT2D eigenvalue weighted by molar-refractivity contribution is 0.0991. The molecule has 0 radical (unpaired) electrons. The van der Waals surface area contributed by atoms with Gasteiger partial charge in [0.2, 0.25) is 14.9 Å². The number of halogens is 2. The summed E-state index contributed by atoms with van der Waals surface area (Å²) >= 11 is 5.42. The molecule has 0 bridgehead atoms. The zero-order valence-electron chi connectivity index (χ0n) is 12.6. The number of sulfone groups is 1. The summed E-state index contributed by atoms with van der Waals surface area (Å²) in [7, 11) is -3.82. The quantitative estimate of drug-likeness (QED) is 0.494. The number of nitrogens with one attached hydrogen (secondary N) is 1. The SMILES string of the molecule is O=C(Nc1ccc(I)cc1)c1ccc(S(=O)(=O)c2ccc(Br)cc2)o1. The molecule has 0 aliphatic heterocycles. The Kier molecular flexibility index (Phi) is 5.30. The maximum atomic E-state index is 12.5. The van der Waals surface area contributed by atoms with E-state index in [0.717, 1.165) is 8.04 Å². The number of rotatable bonds is 4. The number of amides is 1. The van der Waals surface area contributed by atoms with Crippen molar-refractivity contribution < 1.29 is 17.6 Å². The first-order valence-electron chi connectivity index (χ1n) is 7.04. The van der Waals surface area contributed by atoms with E-state index in [-0.39, 0.29) is 15.7 Å². The van der Waals surface area contributed by atoms with E-state index in [1.54, 1.807) is 24.3 Å². The van der Waals surface area contributed by atoms with Gasteiger partial charge in [-0.25, -0.2) is 8.42 Å². The van der Waals surface area contributed by atoms with Gasteiger partial charge in [-0.05, 0) is 83.3 Å². The second-order valence-electron chi connectivity index (χ2n) is 5.04. The minimum absolute atomic E-state index is 0.0748. The Labute approximate surface area is 166 Å². The van der Waals surface area contributed by atoms with Crippen molar-refractivity contribution in [1.82, 2.24) is 0 Å². The highest BCUT2D eigenvalue weighted by molar-refractivity contribution is 14.1. The van der Waals surface area contributed by atoms with E-state index in [9.17, 15) is 13.2 Å². The summed E-state index contributed by atoms with van der Waals surface area (Å²) < 4.78 is 32.2. The molecular weight excluding hydrogens is 521 g/mol. The molecule has 1 aromatic heterocycles. The van der Waals surface area contributed by atoms with Crippen LogP contribution < -0.4 is 5.32 Å². The third kappa shape index (κ3) is 4.13. The Morgan fingerprint density at radius 2 is 1.60 bits per heavy atom. The average Bonchev–Trinajstić information content (AvgIpc) is 3.08. The van der Waals surface area contributed by atoms with Crippen molar-refractivity contribution in [2.45, 2.75) is 9.99 Å². The van der Waals surface area contributed by atoms with Gasteiger partial charge in [0.15, 0.2) is 5.76 Å². The zero-order chi connectivity index (χ0) is 18.0. The fourth-order valence-electron chi connectivity index (χ4n) is 2.04. The maximum Gasteiger partial charge on any atom is 0.291 e. The maximum absolute atomic E-state index is 12.5. The minimum atomic E-state index is -3.82. The highest BCUT2D eigenvalue weighted by Crippen LogP contribution is 2.24. The average molecular weight is 532 g/mol. The Bertz CT molecular complexity index is 1010. The lowest BCUT2D eigenvalue weighted by Crippen LogP contribution is -2.10. The van der Waals surface area contributed by atoms with E-state index < -0.39 is 15.7 Å². The monoisotopic (exact) mass is 531 g/mol. The van der Waals surface area contributed by atoms with E-state index >= 15 is 0 Å². The summed E-state index contributed by atoms with van der Waals surface area (Å²) in [4.78, 5) is 12.3. The third-order valence-corrected chi connectivity index (χ3v) is 6.19. The van der Waals surface area contributed by atoms with Crippen LogP contribution >= 0.6 is 38.5 Å². The molecule has 0 spiro atoms. The van der Waals surface area contributed by atoms with Crippen LogP contribution in [-0.2, 0) is 9.84 Å². The van der Waals surface area contributed by atoms with Crippen molar-refractivity contribution in [3.05, 3.63) is 74.5 Å². The molecule has 128 valence electrons. The molecule has 1 heterocycles. The molecule has 5 nitrogen and oxygen atoms in total. The van der Waals surface area contributed by atoms with Gasteiger partial charge < -0.3 is 9.73 Å². The first-order chi connectivity index (χ1) is 11.9. The van der Waals surface area contributed by atoms with Gasteiger partial charge in [0, 0.05) is 13.7 Å². The summed E-state index contributed by atoms with van der Waals surface area (Å²) in [6.07, 6.45) is 0. The van der Waals surface area contributed by atoms with Crippen molar-refractivity contribution in [3.63, 3.8) is 0 Å². The minimum Gasteiger partial charge on any atom is -0.439 e. The van der Waals surface area contributed by atoms with Crippen LogP contribution in [0.25, 0.3) is 0 Å². The van der Waals surface area contributed by atoms with Crippen LogP contribution in [0.1, 0.15) is 10.6 Å². The summed E-state index contributed by atoms with van der Waals surface area (Å²) in [6.45, 7) is 0. The molecule has 0 aliphatic rings. The number of carbonyl (C=O) groups excluding carboxylic acids is 1. The van der Waals surface area contributed by atoms with Gasteiger partial charge in [-0.1, -0.05) is 15.9 Å². The Morgan fingerprint density at radius 1 is 0.960 bits per heavy atom. The van der Waals surface area contributed by atoms with Crippen LogP contribution in [0.4, 0.5) is 5.69 Å². The number of furan rings is 1. The molecule has 0 fully saturated rings. The molecule has 0 saturated heterocycles. The predicted octanol–water partition coefficient (Wildman–Crippen LogP) is 4.73. The second-order valence-corrected chi connectivity index (χ2v) is 9.08. The topological polar surface area (TPSA) is 76.4 Å². The van der Waals surface area contributed by atoms with Crippen LogP contribution in [-0.4, -0.2) is 14.3 Å². The van der Waals surface area contributed by atoms with Crippen molar-refractivity contribution in [1.29, 1.82) is 0 Å². The molecule has 0 saturated carbocycles. The molecule has 25 heavy (non-hydrogen) atoms. The standard InChI is InChI=1S/C17H11BrINO4S/c18-11-1-7-14(8-2-11)25(22,23)16-10-9-15(24-16)17(21)20-13-5-3-12(19)4-6-13/h1-10H,(H,20,21). The van der Waals surface area contributed by atoms with Crippen molar-refractivity contribution in [2.24, 2.45) is 0 Å². The van der Waals surface area contributed by atoms with Gasteiger partial charge in [0.25, 0.3) is 5.91 Å². The van der Waals surface area contributed by atoms with Gasteiger partial charge in [-0.15, -0.1) is 0 Å². The van der Waals surface area contributed by atoms with Crippen LogP contribution in [0.3, 0.4) is 0 Å². The highest BCUT2D eigenvalue weighted by Gasteiger charge is 2.23. The molecular formula is C17H11BrINO4S.